The topological polar surface area (TPSA) is 49.4 Å². The second-order valence-electron chi connectivity index (χ2n) is 5.98. The normalized spacial score (nSPS) is 16.0. The highest BCUT2D eigenvalue weighted by molar-refractivity contribution is 7.91. The first-order valence-corrected chi connectivity index (χ1v) is 10.0. The van der Waals surface area contributed by atoms with E-state index in [9.17, 15) is 8.42 Å². The molecule has 120 valence electrons. The average molecular weight is 331 g/mol. The Hall–Kier alpha value is -0.430. The molecule has 6 heteroatoms. The van der Waals surface area contributed by atoms with E-state index < -0.39 is 10.0 Å². The first-order chi connectivity index (χ1) is 9.93. The van der Waals surface area contributed by atoms with E-state index in [1.807, 2.05) is 13.0 Å². The molecule has 1 aromatic rings. The smallest absolute Gasteiger partial charge is 0.252 e. The highest BCUT2D eigenvalue weighted by Gasteiger charge is 2.31. The minimum absolute atomic E-state index is 0.460. The maximum Gasteiger partial charge on any atom is 0.252 e. The fraction of sp³-hybridized carbons (Fsp3) is 0.733. The number of hydrogen-bond acceptors (Lipinski definition) is 4. The number of rotatable bonds is 9. The van der Waals surface area contributed by atoms with Gasteiger partial charge in [0, 0.05) is 30.6 Å². The van der Waals surface area contributed by atoms with Crippen molar-refractivity contribution in [3.05, 3.63) is 17.0 Å². The first kappa shape index (κ1) is 16.9. The molecule has 1 saturated carbocycles. The molecule has 0 unspecified atom stereocenters. The molecule has 2 rings (SSSR count). The number of thiophene rings is 1. The van der Waals surface area contributed by atoms with Crippen LogP contribution < -0.4 is 5.32 Å². The van der Waals surface area contributed by atoms with Crippen LogP contribution >= 0.6 is 11.3 Å². The molecular weight excluding hydrogens is 304 g/mol. The van der Waals surface area contributed by atoms with E-state index in [0.717, 1.165) is 17.8 Å². The van der Waals surface area contributed by atoms with Gasteiger partial charge in [-0.3, -0.25) is 0 Å². The van der Waals surface area contributed by atoms with E-state index >= 15 is 0 Å². The lowest BCUT2D eigenvalue weighted by Crippen LogP contribution is -2.32. The van der Waals surface area contributed by atoms with Crippen molar-refractivity contribution in [2.45, 2.75) is 50.3 Å². The molecular formula is C15H26N2O2S2. The maximum absolute atomic E-state index is 12.6. The molecule has 1 aromatic heterocycles. The summed E-state index contributed by atoms with van der Waals surface area (Å²) < 4.78 is 27.4. The summed E-state index contributed by atoms with van der Waals surface area (Å²) in [5.74, 6) is 0.578. The summed E-state index contributed by atoms with van der Waals surface area (Å²) in [6, 6.07) is 4.17. The van der Waals surface area contributed by atoms with Gasteiger partial charge in [-0.25, -0.2) is 8.42 Å². The minimum atomic E-state index is -3.30. The van der Waals surface area contributed by atoms with Gasteiger partial charge in [0.15, 0.2) is 0 Å². The molecule has 0 atom stereocenters. The molecule has 1 aliphatic carbocycles. The third kappa shape index (κ3) is 4.77. The summed E-state index contributed by atoms with van der Waals surface area (Å²) in [7, 11) is -3.30. The fourth-order valence-corrected chi connectivity index (χ4v) is 5.26. The van der Waals surface area contributed by atoms with Gasteiger partial charge in [0.05, 0.1) is 0 Å². The molecule has 0 aliphatic heterocycles. The lowest BCUT2D eigenvalue weighted by Gasteiger charge is -2.19. The molecule has 0 saturated heterocycles. The van der Waals surface area contributed by atoms with Crippen LogP contribution in [-0.2, 0) is 16.4 Å². The summed E-state index contributed by atoms with van der Waals surface area (Å²) >= 11 is 1.41. The maximum atomic E-state index is 12.6. The quantitative estimate of drug-likeness (QED) is 0.757. The van der Waals surface area contributed by atoms with Crippen LogP contribution in [-0.4, -0.2) is 38.4 Å². The molecule has 4 nitrogen and oxygen atoms in total. The van der Waals surface area contributed by atoms with Gasteiger partial charge in [-0.1, -0.05) is 20.8 Å². The van der Waals surface area contributed by atoms with Crippen LogP contribution in [0, 0.1) is 5.92 Å². The number of hydrogen-bond donors (Lipinski definition) is 1. The third-order valence-electron chi connectivity index (χ3n) is 3.67. The number of nitrogens with zero attached hydrogens (tertiary/aromatic N) is 1. The Morgan fingerprint density at radius 2 is 2.10 bits per heavy atom. The van der Waals surface area contributed by atoms with Gasteiger partial charge in [-0.15, -0.1) is 11.3 Å². The van der Waals surface area contributed by atoms with Gasteiger partial charge in [-0.2, -0.15) is 4.31 Å². The van der Waals surface area contributed by atoms with Gasteiger partial charge >= 0.3 is 0 Å². The molecule has 1 N–H and O–H groups in total. The van der Waals surface area contributed by atoms with Gasteiger partial charge in [0.1, 0.15) is 4.21 Å². The van der Waals surface area contributed by atoms with Gasteiger partial charge in [-0.05, 0) is 37.3 Å². The number of sulfonamides is 1. The summed E-state index contributed by atoms with van der Waals surface area (Å²) in [6.07, 6.45) is 3.22. The van der Waals surface area contributed by atoms with Crippen LogP contribution in [0.25, 0.3) is 0 Å². The minimum Gasteiger partial charge on any atom is -0.314 e. The second-order valence-corrected chi connectivity index (χ2v) is 9.31. The standard InChI is InChI=1S/C15H26N2O2S2/c1-4-17(11-13-5-6-13)21(18,19)15-8-7-14(20-15)9-10-16-12(2)3/h7-8,12-13,16H,4-6,9-11H2,1-3H3. The third-order valence-corrected chi connectivity index (χ3v) is 7.22. The molecule has 1 fully saturated rings. The van der Waals surface area contributed by atoms with Crippen LogP contribution in [0.1, 0.15) is 38.5 Å². The summed E-state index contributed by atoms with van der Waals surface area (Å²) in [4.78, 5) is 1.13. The van der Waals surface area contributed by atoms with Gasteiger partial charge in [0.25, 0.3) is 10.0 Å². The van der Waals surface area contributed by atoms with E-state index in [4.69, 9.17) is 0 Å². The predicted octanol–water partition coefficient (Wildman–Crippen LogP) is 2.71. The Kier molecular flexibility index (Phi) is 5.82. The molecule has 1 heterocycles. The average Bonchev–Trinajstić information content (AvgIpc) is 3.11. The van der Waals surface area contributed by atoms with E-state index in [0.29, 0.717) is 29.3 Å². The van der Waals surface area contributed by atoms with E-state index in [-0.39, 0.29) is 0 Å². The van der Waals surface area contributed by atoms with Crippen LogP contribution in [0.5, 0.6) is 0 Å². The lowest BCUT2D eigenvalue weighted by molar-refractivity contribution is 0.413. The largest absolute Gasteiger partial charge is 0.314 e. The van der Waals surface area contributed by atoms with Gasteiger partial charge < -0.3 is 5.32 Å². The molecule has 0 radical (unpaired) electrons. The molecule has 0 aromatic carbocycles. The highest BCUT2D eigenvalue weighted by atomic mass is 32.2. The van der Waals surface area contributed by atoms with Crippen molar-refractivity contribution in [3.63, 3.8) is 0 Å². The first-order valence-electron chi connectivity index (χ1n) is 7.75. The molecule has 21 heavy (non-hydrogen) atoms. The van der Waals surface area contributed by atoms with Crippen molar-refractivity contribution >= 4 is 21.4 Å². The zero-order valence-electron chi connectivity index (χ0n) is 13.1. The van der Waals surface area contributed by atoms with E-state index in [2.05, 4.69) is 19.2 Å². The monoisotopic (exact) mass is 330 g/mol. The van der Waals surface area contributed by atoms with Gasteiger partial charge in [0.2, 0.25) is 0 Å². The summed E-state index contributed by atoms with van der Waals surface area (Å²) in [6.45, 7) is 8.27. The Bertz CT molecular complexity index is 548. The van der Waals surface area contributed by atoms with Crippen LogP contribution in [0.2, 0.25) is 0 Å². The Morgan fingerprint density at radius 1 is 1.38 bits per heavy atom. The van der Waals surface area contributed by atoms with E-state index in [1.54, 1.807) is 10.4 Å². The summed E-state index contributed by atoms with van der Waals surface area (Å²) in [5, 5.41) is 3.36. The Balaban J connectivity index is 2.00. The SMILES string of the molecule is CCN(CC1CC1)S(=O)(=O)c1ccc(CCNC(C)C)s1. The summed E-state index contributed by atoms with van der Waals surface area (Å²) in [5.41, 5.74) is 0. The van der Waals surface area contributed by atoms with Crippen molar-refractivity contribution in [2.24, 2.45) is 5.92 Å². The van der Waals surface area contributed by atoms with Crippen LogP contribution in [0.4, 0.5) is 0 Å². The molecule has 0 amide bonds. The Labute approximate surface area is 132 Å². The second kappa shape index (κ2) is 7.22. The van der Waals surface area contributed by atoms with Crippen molar-refractivity contribution in [1.29, 1.82) is 0 Å². The molecule has 0 spiro atoms. The zero-order valence-corrected chi connectivity index (χ0v) is 14.8. The Morgan fingerprint density at radius 3 is 2.67 bits per heavy atom. The highest BCUT2D eigenvalue weighted by Crippen LogP contribution is 2.32. The van der Waals surface area contributed by atoms with Crippen molar-refractivity contribution < 1.29 is 8.42 Å². The number of nitrogens with one attached hydrogen (secondary N) is 1. The lowest BCUT2D eigenvalue weighted by atomic mass is 10.3. The molecule has 1 aliphatic rings. The van der Waals surface area contributed by atoms with Crippen molar-refractivity contribution in [3.8, 4) is 0 Å². The van der Waals surface area contributed by atoms with E-state index in [1.165, 1.54) is 24.2 Å². The van der Waals surface area contributed by atoms with Crippen molar-refractivity contribution in [1.82, 2.24) is 9.62 Å². The van der Waals surface area contributed by atoms with Crippen LogP contribution in [0.3, 0.4) is 0 Å². The van der Waals surface area contributed by atoms with Crippen LogP contribution in [0.15, 0.2) is 16.3 Å². The molecule has 0 bridgehead atoms. The predicted molar refractivity (Wildman–Crippen MR) is 88.3 cm³/mol. The fourth-order valence-electron chi connectivity index (χ4n) is 2.23. The zero-order chi connectivity index (χ0) is 15.5. The van der Waals surface area contributed by atoms with Crippen molar-refractivity contribution in [2.75, 3.05) is 19.6 Å².